The van der Waals surface area contributed by atoms with Crippen LogP contribution in [0.4, 0.5) is 0 Å². The van der Waals surface area contributed by atoms with Crippen LogP contribution in [-0.4, -0.2) is 81.7 Å². The molecule has 0 aliphatic carbocycles. The number of aliphatic imine (C=N–C) groups is 1. The monoisotopic (exact) mass is 613 g/mol. The lowest BCUT2D eigenvalue weighted by molar-refractivity contribution is -0.142. The number of carbonyl (C=O) groups is 5. The summed E-state index contributed by atoms with van der Waals surface area (Å²) in [6.45, 7) is 0.132. The average molecular weight is 614 g/mol. The predicted molar refractivity (Wildman–Crippen MR) is 160 cm³/mol. The van der Waals surface area contributed by atoms with Crippen molar-refractivity contribution in [3.05, 3.63) is 65.7 Å². The minimum Gasteiger partial charge on any atom is -0.508 e. The Bertz CT molecular complexity index is 1300. The first-order valence-corrected chi connectivity index (χ1v) is 13.8. The number of carboxylic acid groups (broad SMARTS) is 2. The SMILES string of the molecule is NC(N)=NCCCC(NC(=O)C(Cc1ccc(O)cc1)NC(=O)C(CCC(=O)O)NC(=O)C(N)Cc1ccccc1)C(=O)O. The van der Waals surface area contributed by atoms with E-state index in [1.54, 1.807) is 30.3 Å². The highest BCUT2D eigenvalue weighted by molar-refractivity contribution is 5.94. The van der Waals surface area contributed by atoms with Gasteiger partial charge in [-0.2, -0.15) is 0 Å². The standard InChI is InChI=1S/C29H39N7O8/c30-20(15-17-5-2-1-3-6-17)25(40)34-21(12-13-24(38)39)26(41)36-23(16-18-8-10-19(37)11-9-18)27(42)35-22(28(43)44)7-4-14-33-29(31)32/h1-3,5-6,8-11,20-23,37H,4,7,12-16,30H2,(H,34,40)(H,35,42)(H,36,41)(H,38,39)(H,43,44)(H4,31,32,33). The summed E-state index contributed by atoms with van der Waals surface area (Å²) in [5, 5.41) is 35.9. The molecular formula is C29H39N7O8. The molecule has 15 nitrogen and oxygen atoms in total. The minimum absolute atomic E-state index is 0.0195. The van der Waals surface area contributed by atoms with Crippen molar-refractivity contribution in [3.63, 3.8) is 0 Å². The summed E-state index contributed by atoms with van der Waals surface area (Å²) in [5.74, 6) is -5.15. The molecule has 4 unspecified atom stereocenters. The van der Waals surface area contributed by atoms with E-state index < -0.39 is 60.2 Å². The summed E-state index contributed by atoms with van der Waals surface area (Å²) >= 11 is 0. The van der Waals surface area contributed by atoms with Gasteiger partial charge in [-0.1, -0.05) is 42.5 Å². The van der Waals surface area contributed by atoms with Crippen molar-refractivity contribution in [2.75, 3.05) is 6.54 Å². The van der Waals surface area contributed by atoms with E-state index in [-0.39, 0.29) is 50.4 Å². The van der Waals surface area contributed by atoms with E-state index in [1.165, 1.54) is 24.3 Å². The van der Waals surface area contributed by atoms with Gasteiger partial charge >= 0.3 is 11.9 Å². The molecular weight excluding hydrogens is 574 g/mol. The number of hydrogen-bond donors (Lipinski definition) is 9. The van der Waals surface area contributed by atoms with Crippen LogP contribution in [-0.2, 0) is 36.8 Å². The first-order valence-electron chi connectivity index (χ1n) is 13.8. The van der Waals surface area contributed by atoms with Crippen LogP contribution >= 0.6 is 0 Å². The number of nitrogens with one attached hydrogen (secondary N) is 3. The molecule has 4 atom stereocenters. The third-order valence-corrected chi connectivity index (χ3v) is 6.48. The summed E-state index contributed by atoms with van der Waals surface area (Å²) in [6.07, 6.45) is -0.527. The van der Waals surface area contributed by atoms with Crippen LogP contribution in [0.3, 0.4) is 0 Å². The smallest absolute Gasteiger partial charge is 0.326 e. The number of phenolic OH excluding ortho intramolecular Hbond substituents is 1. The topological polar surface area (TPSA) is 273 Å². The van der Waals surface area contributed by atoms with Crippen LogP contribution in [0.25, 0.3) is 0 Å². The largest absolute Gasteiger partial charge is 0.508 e. The van der Waals surface area contributed by atoms with Gasteiger partial charge in [0, 0.05) is 19.4 Å². The van der Waals surface area contributed by atoms with Crippen molar-refractivity contribution in [3.8, 4) is 5.75 Å². The summed E-state index contributed by atoms with van der Waals surface area (Å²) in [6, 6.07) is 9.59. The second-order valence-corrected chi connectivity index (χ2v) is 10.1. The summed E-state index contributed by atoms with van der Waals surface area (Å²) < 4.78 is 0. The van der Waals surface area contributed by atoms with E-state index in [0.717, 1.165) is 5.56 Å². The van der Waals surface area contributed by atoms with E-state index in [0.29, 0.717) is 5.56 Å². The molecule has 0 aromatic heterocycles. The third kappa shape index (κ3) is 12.8. The number of carboxylic acids is 2. The Balaban J connectivity index is 2.23. The van der Waals surface area contributed by atoms with Gasteiger partial charge < -0.3 is 48.5 Å². The Morgan fingerprint density at radius 3 is 1.89 bits per heavy atom. The number of aliphatic carboxylic acids is 2. The molecule has 12 N–H and O–H groups in total. The van der Waals surface area contributed by atoms with Crippen molar-refractivity contribution >= 4 is 35.6 Å². The van der Waals surface area contributed by atoms with Crippen molar-refractivity contribution in [1.82, 2.24) is 16.0 Å². The first kappa shape index (κ1) is 35.0. The van der Waals surface area contributed by atoms with Crippen LogP contribution in [0, 0.1) is 0 Å². The van der Waals surface area contributed by atoms with Crippen LogP contribution in [0.1, 0.15) is 36.8 Å². The highest BCUT2D eigenvalue weighted by Crippen LogP contribution is 2.13. The molecule has 2 aromatic carbocycles. The van der Waals surface area contributed by atoms with Gasteiger partial charge in [0.15, 0.2) is 5.96 Å². The van der Waals surface area contributed by atoms with Crippen LogP contribution in [0.15, 0.2) is 59.6 Å². The zero-order valence-electron chi connectivity index (χ0n) is 24.0. The van der Waals surface area contributed by atoms with Gasteiger partial charge in [0.05, 0.1) is 6.04 Å². The van der Waals surface area contributed by atoms with Crippen molar-refractivity contribution in [2.45, 2.75) is 62.7 Å². The van der Waals surface area contributed by atoms with Crippen molar-refractivity contribution in [2.24, 2.45) is 22.2 Å². The molecule has 0 aliphatic heterocycles. The lowest BCUT2D eigenvalue weighted by Crippen LogP contribution is -2.57. The summed E-state index contributed by atoms with van der Waals surface area (Å²) in [7, 11) is 0. The summed E-state index contributed by atoms with van der Waals surface area (Å²) in [4.78, 5) is 66.5. The molecule has 2 rings (SSSR count). The molecule has 0 bridgehead atoms. The summed E-state index contributed by atoms with van der Waals surface area (Å²) in [5.41, 5.74) is 17.9. The van der Waals surface area contributed by atoms with Crippen LogP contribution in [0.2, 0.25) is 0 Å². The van der Waals surface area contributed by atoms with Crippen molar-refractivity contribution < 1.29 is 39.3 Å². The van der Waals surface area contributed by atoms with Crippen molar-refractivity contribution in [1.29, 1.82) is 0 Å². The third-order valence-electron chi connectivity index (χ3n) is 6.48. The Labute approximate surface area is 253 Å². The van der Waals surface area contributed by atoms with E-state index >= 15 is 0 Å². The Morgan fingerprint density at radius 1 is 0.727 bits per heavy atom. The maximum atomic E-state index is 13.4. The first-order chi connectivity index (χ1) is 20.8. The molecule has 0 radical (unpaired) electrons. The fraction of sp³-hybridized carbons (Fsp3) is 0.379. The number of carbonyl (C=O) groups excluding carboxylic acids is 3. The Hall–Kier alpha value is -5.18. The molecule has 15 heteroatoms. The maximum Gasteiger partial charge on any atom is 0.326 e. The number of benzene rings is 2. The second-order valence-electron chi connectivity index (χ2n) is 10.1. The van der Waals surface area contributed by atoms with Gasteiger partial charge in [-0.3, -0.25) is 24.2 Å². The number of phenols is 1. The lowest BCUT2D eigenvalue weighted by Gasteiger charge is -2.25. The molecule has 0 heterocycles. The number of nitrogens with zero attached hydrogens (tertiary/aromatic N) is 1. The van der Waals surface area contributed by atoms with E-state index in [2.05, 4.69) is 20.9 Å². The van der Waals surface area contributed by atoms with E-state index in [4.69, 9.17) is 17.2 Å². The van der Waals surface area contributed by atoms with Gasteiger partial charge in [-0.05, 0) is 48.9 Å². The number of rotatable bonds is 18. The highest BCUT2D eigenvalue weighted by atomic mass is 16.4. The number of hydrogen-bond acceptors (Lipinski definition) is 8. The number of guanidine groups is 1. The average Bonchev–Trinajstić information content (AvgIpc) is 2.97. The normalized spacial score (nSPS) is 13.4. The molecule has 0 spiro atoms. The highest BCUT2D eigenvalue weighted by Gasteiger charge is 2.31. The molecule has 0 aliphatic rings. The number of aromatic hydroxyl groups is 1. The molecule has 0 saturated heterocycles. The zero-order valence-corrected chi connectivity index (χ0v) is 24.0. The number of nitrogens with two attached hydrogens (primary N) is 3. The molecule has 0 saturated carbocycles. The van der Waals surface area contributed by atoms with Gasteiger partial charge in [-0.25, -0.2) is 4.79 Å². The molecule has 238 valence electrons. The zero-order chi connectivity index (χ0) is 32.6. The Morgan fingerprint density at radius 2 is 1.30 bits per heavy atom. The predicted octanol–water partition coefficient (Wildman–Crippen LogP) is -1.04. The van der Waals surface area contributed by atoms with Crippen LogP contribution in [0.5, 0.6) is 5.75 Å². The van der Waals surface area contributed by atoms with Crippen LogP contribution < -0.4 is 33.2 Å². The quantitative estimate of drug-likeness (QED) is 0.0556. The molecule has 3 amide bonds. The second kappa shape index (κ2) is 17.7. The Kier molecular flexibility index (Phi) is 14.1. The fourth-order valence-corrected chi connectivity index (χ4v) is 4.16. The maximum absolute atomic E-state index is 13.4. The molecule has 0 fully saturated rings. The van der Waals surface area contributed by atoms with Gasteiger partial charge in [0.2, 0.25) is 17.7 Å². The van der Waals surface area contributed by atoms with Gasteiger partial charge in [0.1, 0.15) is 23.9 Å². The van der Waals surface area contributed by atoms with E-state index in [1.807, 2.05) is 0 Å². The number of amides is 3. The van der Waals surface area contributed by atoms with Gasteiger partial charge in [0.25, 0.3) is 0 Å². The lowest BCUT2D eigenvalue weighted by atomic mass is 10.0. The molecule has 44 heavy (non-hydrogen) atoms. The minimum atomic E-state index is -1.37. The van der Waals surface area contributed by atoms with Gasteiger partial charge in [-0.15, -0.1) is 0 Å². The van der Waals surface area contributed by atoms with E-state index in [9.17, 15) is 39.3 Å². The molecule has 2 aromatic rings. The fourth-order valence-electron chi connectivity index (χ4n) is 4.16.